The summed E-state index contributed by atoms with van der Waals surface area (Å²) >= 11 is 6.06. The Kier molecular flexibility index (Phi) is 4.71. The molecule has 1 N–H and O–H groups in total. The zero-order chi connectivity index (χ0) is 13.9. The van der Waals surface area contributed by atoms with Gasteiger partial charge < -0.3 is 10.2 Å². The molecule has 1 aliphatic rings. The quantitative estimate of drug-likeness (QED) is 0.919. The second-order valence-corrected chi connectivity index (χ2v) is 7.43. The zero-order valence-corrected chi connectivity index (χ0v) is 12.6. The molecule has 0 amide bonds. The monoisotopic (exact) mass is 302 g/mol. The molecule has 0 aromatic heterocycles. The van der Waals surface area contributed by atoms with Crippen molar-refractivity contribution in [2.75, 3.05) is 36.0 Å². The van der Waals surface area contributed by atoms with Gasteiger partial charge in [-0.3, -0.25) is 0 Å². The number of halogens is 1. The van der Waals surface area contributed by atoms with Crippen LogP contribution in [0.15, 0.2) is 18.2 Å². The van der Waals surface area contributed by atoms with Crippen LogP contribution in [0.25, 0.3) is 0 Å². The minimum atomic E-state index is -2.85. The first-order chi connectivity index (χ1) is 9.02. The maximum atomic E-state index is 11.5. The van der Waals surface area contributed by atoms with E-state index < -0.39 is 9.84 Å². The van der Waals surface area contributed by atoms with Crippen LogP contribution in [0.1, 0.15) is 12.5 Å². The van der Waals surface area contributed by atoms with Gasteiger partial charge >= 0.3 is 0 Å². The molecule has 1 aliphatic heterocycles. The van der Waals surface area contributed by atoms with Crippen molar-refractivity contribution in [2.24, 2.45) is 0 Å². The summed E-state index contributed by atoms with van der Waals surface area (Å²) in [6.07, 6.45) is 0. The molecule has 4 nitrogen and oxygen atoms in total. The minimum absolute atomic E-state index is 0.222. The average Bonchev–Trinajstić information content (AvgIpc) is 2.37. The summed E-state index contributed by atoms with van der Waals surface area (Å²) in [6.45, 7) is 4.81. The maximum Gasteiger partial charge on any atom is 0.153 e. The maximum absolute atomic E-state index is 11.5. The van der Waals surface area contributed by atoms with Gasteiger partial charge in [-0.05, 0) is 24.2 Å². The van der Waals surface area contributed by atoms with E-state index in [4.69, 9.17) is 11.6 Å². The van der Waals surface area contributed by atoms with Crippen molar-refractivity contribution >= 4 is 27.1 Å². The van der Waals surface area contributed by atoms with E-state index in [2.05, 4.69) is 17.1 Å². The summed E-state index contributed by atoms with van der Waals surface area (Å²) in [5.74, 6) is 0.445. The highest BCUT2D eigenvalue weighted by Crippen LogP contribution is 2.26. The molecule has 2 rings (SSSR count). The second kappa shape index (κ2) is 6.11. The van der Waals surface area contributed by atoms with Crippen molar-refractivity contribution < 1.29 is 8.42 Å². The van der Waals surface area contributed by atoms with Gasteiger partial charge in [0.05, 0.1) is 11.5 Å². The minimum Gasteiger partial charge on any atom is -0.369 e. The third-order valence-corrected chi connectivity index (χ3v) is 5.14. The van der Waals surface area contributed by atoms with Crippen LogP contribution in [0.4, 0.5) is 5.69 Å². The fourth-order valence-electron chi connectivity index (χ4n) is 2.19. The van der Waals surface area contributed by atoms with E-state index in [-0.39, 0.29) is 11.5 Å². The van der Waals surface area contributed by atoms with Crippen molar-refractivity contribution in [3.63, 3.8) is 0 Å². The molecule has 106 valence electrons. The van der Waals surface area contributed by atoms with Gasteiger partial charge in [-0.15, -0.1) is 0 Å². The van der Waals surface area contributed by atoms with Crippen LogP contribution in [0, 0.1) is 0 Å². The fourth-order valence-corrected chi connectivity index (χ4v) is 3.56. The number of sulfone groups is 1. The van der Waals surface area contributed by atoms with Crippen LogP contribution in [-0.4, -0.2) is 39.6 Å². The number of hydrogen-bond acceptors (Lipinski definition) is 4. The predicted octanol–water partition coefficient (Wildman–Crippen LogP) is 1.68. The molecule has 0 unspecified atom stereocenters. The van der Waals surface area contributed by atoms with Crippen molar-refractivity contribution in [1.29, 1.82) is 0 Å². The number of nitrogens with one attached hydrogen (secondary N) is 1. The Bertz CT molecular complexity index is 532. The first-order valence-electron chi connectivity index (χ1n) is 6.46. The Morgan fingerprint density at radius 1 is 1.32 bits per heavy atom. The van der Waals surface area contributed by atoms with Crippen LogP contribution in [-0.2, 0) is 16.4 Å². The molecule has 0 radical (unpaired) electrons. The molecule has 1 heterocycles. The Hall–Kier alpha value is -0.780. The van der Waals surface area contributed by atoms with Crippen molar-refractivity contribution in [3.05, 3.63) is 28.8 Å². The lowest BCUT2D eigenvalue weighted by Crippen LogP contribution is -2.40. The zero-order valence-electron chi connectivity index (χ0n) is 11.0. The number of anilines is 1. The van der Waals surface area contributed by atoms with E-state index in [0.29, 0.717) is 18.1 Å². The van der Waals surface area contributed by atoms with E-state index in [9.17, 15) is 8.42 Å². The van der Waals surface area contributed by atoms with Gasteiger partial charge in [0, 0.05) is 30.3 Å². The Morgan fingerprint density at radius 2 is 2.00 bits per heavy atom. The predicted molar refractivity (Wildman–Crippen MR) is 79.7 cm³/mol. The lowest BCUT2D eigenvalue weighted by molar-refractivity contribution is 0.586. The first-order valence-corrected chi connectivity index (χ1v) is 8.66. The third kappa shape index (κ3) is 3.84. The number of nitrogens with zero attached hydrogens (tertiary/aromatic N) is 1. The van der Waals surface area contributed by atoms with Crippen molar-refractivity contribution in [2.45, 2.75) is 13.5 Å². The Morgan fingerprint density at radius 3 is 2.63 bits per heavy atom. The van der Waals surface area contributed by atoms with Crippen LogP contribution in [0.2, 0.25) is 5.02 Å². The largest absolute Gasteiger partial charge is 0.369 e. The number of hydrogen-bond donors (Lipinski definition) is 1. The van der Waals surface area contributed by atoms with Crippen LogP contribution in [0.3, 0.4) is 0 Å². The van der Waals surface area contributed by atoms with Gasteiger partial charge in [0.15, 0.2) is 9.84 Å². The van der Waals surface area contributed by atoms with Crippen LogP contribution in [0.5, 0.6) is 0 Å². The van der Waals surface area contributed by atoms with Crippen LogP contribution >= 0.6 is 11.6 Å². The van der Waals surface area contributed by atoms with E-state index in [1.165, 1.54) is 0 Å². The van der Waals surface area contributed by atoms with Gasteiger partial charge in [0.2, 0.25) is 0 Å². The van der Waals surface area contributed by atoms with E-state index >= 15 is 0 Å². The summed E-state index contributed by atoms with van der Waals surface area (Å²) in [5, 5.41) is 3.98. The highest BCUT2D eigenvalue weighted by molar-refractivity contribution is 7.91. The van der Waals surface area contributed by atoms with Gasteiger partial charge in [-0.1, -0.05) is 24.6 Å². The van der Waals surface area contributed by atoms with Crippen LogP contribution < -0.4 is 10.2 Å². The van der Waals surface area contributed by atoms with Gasteiger partial charge in [0.1, 0.15) is 0 Å². The molecule has 6 heteroatoms. The summed E-state index contributed by atoms with van der Waals surface area (Å²) in [6, 6.07) is 5.80. The molecular weight excluding hydrogens is 284 g/mol. The molecule has 0 bridgehead atoms. The molecule has 1 fully saturated rings. The normalized spacial score (nSPS) is 18.5. The topological polar surface area (TPSA) is 49.4 Å². The first kappa shape index (κ1) is 14.6. The molecule has 0 spiro atoms. The molecule has 1 aromatic carbocycles. The van der Waals surface area contributed by atoms with Gasteiger partial charge in [-0.2, -0.15) is 0 Å². The SMILES string of the molecule is CCNCc1ccc(Cl)cc1N1CCS(=O)(=O)CC1. The van der Waals surface area contributed by atoms with Gasteiger partial charge in [0.25, 0.3) is 0 Å². The fraction of sp³-hybridized carbons (Fsp3) is 0.538. The Labute approximate surface area is 119 Å². The second-order valence-electron chi connectivity index (χ2n) is 4.69. The molecule has 0 aliphatic carbocycles. The lowest BCUT2D eigenvalue weighted by Gasteiger charge is -2.30. The number of rotatable bonds is 4. The van der Waals surface area contributed by atoms with E-state index in [1.54, 1.807) is 0 Å². The smallest absolute Gasteiger partial charge is 0.153 e. The van der Waals surface area contributed by atoms with E-state index in [0.717, 1.165) is 24.3 Å². The summed E-state index contributed by atoms with van der Waals surface area (Å²) < 4.78 is 23.0. The average molecular weight is 303 g/mol. The van der Waals surface area contributed by atoms with Crippen molar-refractivity contribution in [1.82, 2.24) is 5.32 Å². The number of benzene rings is 1. The Balaban J connectivity index is 2.20. The third-order valence-electron chi connectivity index (χ3n) is 3.30. The molecule has 0 saturated carbocycles. The van der Waals surface area contributed by atoms with Crippen molar-refractivity contribution in [3.8, 4) is 0 Å². The van der Waals surface area contributed by atoms with Gasteiger partial charge in [-0.25, -0.2) is 8.42 Å². The highest BCUT2D eigenvalue weighted by atomic mass is 35.5. The molecule has 1 aromatic rings. The summed E-state index contributed by atoms with van der Waals surface area (Å²) in [4.78, 5) is 2.11. The van der Waals surface area contributed by atoms with E-state index in [1.807, 2.05) is 18.2 Å². The molecule has 1 saturated heterocycles. The molecular formula is C13H19ClN2O2S. The standard InChI is InChI=1S/C13H19ClN2O2S/c1-2-15-10-11-3-4-12(14)9-13(11)16-5-7-19(17,18)8-6-16/h3-4,9,15H,2,5-8,10H2,1H3. The summed E-state index contributed by atoms with van der Waals surface area (Å²) in [7, 11) is -2.85. The molecule has 19 heavy (non-hydrogen) atoms. The highest BCUT2D eigenvalue weighted by Gasteiger charge is 2.23. The molecule has 0 atom stereocenters. The lowest BCUT2D eigenvalue weighted by atomic mass is 10.1. The summed E-state index contributed by atoms with van der Waals surface area (Å²) in [5.41, 5.74) is 2.20.